The van der Waals surface area contributed by atoms with Crippen molar-refractivity contribution in [1.29, 1.82) is 0 Å². The van der Waals surface area contributed by atoms with Crippen LogP contribution < -0.4 is 10.6 Å². The Morgan fingerprint density at radius 1 is 1.27 bits per heavy atom. The number of nitrogens with one attached hydrogen (secondary N) is 3. The van der Waals surface area contributed by atoms with E-state index in [9.17, 15) is 27.2 Å². The van der Waals surface area contributed by atoms with Crippen molar-refractivity contribution in [2.45, 2.75) is 56.2 Å². The summed E-state index contributed by atoms with van der Waals surface area (Å²) < 4.78 is 68.2. The van der Waals surface area contributed by atoms with Gasteiger partial charge in [0.05, 0.1) is 22.5 Å². The maximum absolute atomic E-state index is 15.1. The van der Waals surface area contributed by atoms with Crippen molar-refractivity contribution in [3.05, 3.63) is 46.2 Å². The predicted molar refractivity (Wildman–Crippen MR) is 141 cm³/mol. The molecule has 0 unspecified atom stereocenters. The van der Waals surface area contributed by atoms with Crippen molar-refractivity contribution in [2.24, 2.45) is 11.8 Å². The van der Waals surface area contributed by atoms with E-state index in [0.717, 1.165) is 4.90 Å². The van der Waals surface area contributed by atoms with Crippen LogP contribution in [0.1, 0.15) is 42.6 Å². The first-order valence-corrected chi connectivity index (χ1v) is 15.2. The van der Waals surface area contributed by atoms with Crippen molar-refractivity contribution in [3.63, 3.8) is 0 Å². The van der Waals surface area contributed by atoms with Gasteiger partial charge in [-0.15, -0.1) is 0 Å². The number of aromatic nitrogens is 1. The molecule has 1 saturated carbocycles. The molecule has 40 heavy (non-hydrogen) atoms. The molecule has 2 bridgehead atoms. The molecule has 0 spiro atoms. The van der Waals surface area contributed by atoms with E-state index in [1.165, 1.54) is 6.07 Å². The van der Waals surface area contributed by atoms with Crippen LogP contribution in [-0.4, -0.2) is 72.9 Å². The zero-order valence-corrected chi connectivity index (χ0v) is 23.0. The van der Waals surface area contributed by atoms with E-state index < -0.39 is 69.1 Å². The Labute approximate surface area is 233 Å². The highest BCUT2D eigenvalue weighted by molar-refractivity contribution is 7.94. The fourth-order valence-electron chi connectivity index (χ4n) is 6.07. The number of hydrogen-bond donors (Lipinski definition) is 3. The highest BCUT2D eigenvalue weighted by Gasteiger charge is 2.60. The van der Waals surface area contributed by atoms with Crippen molar-refractivity contribution >= 4 is 50.1 Å². The first-order chi connectivity index (χ1) is 18.8. The Bertz CT molecular complexity index is 1510. The lowest BCUT2D eigenvalue weighted by Gasteiger charge is -2.53. The van der Waals surface area contributed by atoms with E-state index in [2.05, 4.69) is 15.6 Å². The fourth-order valence-corrected chi connectivity index (χ4v) is 6.71. The van der Waals surface area contributed by atoms with Crippen LogP contribution in [0.5, 0.6) is 0 Å². The fraction of sp³-hybridized carbons (Fsp3) is 0.500. The number of halogens is 4. The second-order valence-electron chi connectivity index (χ2n) is 10.7. The smallest absolute Gasteiger partial charge is 0.271 e. The molecular weight excluding hydrogens is 573 g/mol. The third-order valence-corrected chi connectivity index (χ3v) is 9.15. The molecule has 3 amide bonds. The molecule has 3 saturated heterocycles. The van der Waals surface area contributed by atoms with Gasteiger partial charge in [-0.3, -0.25) is 14.4 Å². The van der Waals surface area contributed by atoms with Gasteiger partial charge in [-0.1, -0.05) is 23.7 Å². The zero-order valence-electron chi connectivity index (χ0n) is 21.4. The van der Waals surface area contributed by atoms with E-state index in [-0.39, 0.29) is 30.9 Å². The molecule has 4 heterocycles. The number of para-hydroxylation sites is 1. The molecule has 1 aromatic carbocycles. The Balaban J connectivity index is 1.48. The minimum Gasteiger partial charge on any atom is -0.356 e. The molecule has 3 aliphatic heterocycles. The highest BCUT2D eigenvalue weighted by Crippen LogP contribution is 2.49. The zero-order chi connectivity index (χ0) is 29.0. The van der Waals surface area contributed by atoms with E-state index in [0.29, 0.717) is 41.2 Å². The molecule has 216 valence electrons. The van der Waals surface area contributed by atoms with Crippen molar-refractivity contribution < 1.29 is 36.0 Å². The van der Waals surface area contributed by atoms with Crippen LogP contribution >= 0.6 is 11.6 Å². The van der Waals surface area contributed by atoms with Gasteiger partial charge < -0.3 is 20.5 Å². The first kappa shape index (κ1) is 28.5. The van der Waals surface area contributed by atoms with E-state index in [1.807, 2.05) is 0 Å². The Hall–Kier alpha value is -3.06. The summed E-state index contributed by atoms with van der Waals surface area (Å²) in [6.45, 7) is 0.359. The molecule has 0 radical (unpaired) electrons. The summed E-state index contributed by atoms with van der Waals surface area (Å²) in [4.78, 5) is 43.6. The summed E-state index contributed by atoms with van der Waals surface area (Å²) in [5, 5.41) is 4.55. The van der Waals surface area contributed by atoms with Gasteiger partial charge in [0.15, 0.2) is 0 Å². The number of nitrogens with zero attached hydrogens (tertiary/aromatic N) is 1. The summed E-state index contributed by atoms with van der Waals surface area (Å²) in [6.07, 6.45) is 1.19. The average Bonchev–Trinajstić information content (AvgIpc) is 3.49. The van der Waals surface area contributed by atoms with Crippen LogP contribution in [0.3, 0.4) is 0 Å². The van der Waals surface area contributed by atoms with Crippen LogP contribution in [0.2, 0.25) is 5.02 Å². The van der Waals surface area contributed by atoms with Crippen LogP contribution in [-0.2, 0) is 19.4 Å². The first-order valence-electron chi connectivity index (χ1n) is 12.9. The lowest BCUT2D eigenvalue weighted by atomic mass is 9.71. The summed E-state index contributed by atoms with van der Waals surface area (Å²) in [6, 6.07) is 2.74. The Kier molecular flexibility index (Phi) is 7.40. The number of amides is 3. The summed E-state index contributed by atoms with van der Waals surface area (Å²) >= 11 is 6.22. The van der Waals surface area contributed by atoms with Crippen molar-refractivity contribution in [2.75, 3.05) is 12.8 Å². The van der Waals surface area contributed by atoms with Crippen LogP contribution in [0.25, 0.3) is 10.9 Å². The molecular formula is C26H28ClF3N4O5S. The van der Waals surface area contributed by atoms with Gasteiger partial charge in [0.1, 0.15) is 11.7 Å². The van der Waals surface area contributed by atoms with Crippen molar-refractivity contribution in [1.82, 2.24) is 20.5 Å². The molecule has 2 aromatic rings. The summed E-state index contributed by atoms with van der Waals surface area (Å²) in [5.74, 6) is -7.37. The lowest BCUT2D eigenvalue weighted by Crippen LogP contribution is -2.68. The maximum atomic E-state index is 15.1. The third-order valence-electron chi connectivity index (χ3n) is 7.99. The Morgan fingerprint density at radius 3 is 2.65 bits per heavy atom. The second-order valence-corrected chi connectivity index (χ2v) is 13.1. The van der Waals surface area contributed by atoms with Gasteiger partial charge >= 0.3 is 0 Å². The molecule has 14 heteroatoms. The van der Waals surface area contributed by atoms with Gasteiger partial charge in [0.2, 0.25) is 26.8 Å². The van der Waals surface area contributed by atoms with Gasteiger partial charge in [0, 0.05) is 36.6 Å². The number of sulfone groups is 1. The number of piperidine rings is 2. The molecule has 1 aliphatic carbocycles. The van der Waals surface area contributed by atoms with Gasteiger partial charge in [-0.2, -0.15) is 4.39 Å². The normalized spacial score (nSPS) is 27.1. The number of fused-ring (bicyclic) bond motifs is 4. The minimum absolute atomic E-state index is 0.0126. The number of rotatable bonds is 7. The average molecular weight is 601 g/mol. The highest BCUT2D eigenvalue weighted by atomic mass is 35.5. The number of alkyl halides is 2. The maximum Gasteiger partial charge on any atom is 0.271 e. The van der Waals surface area contributed by atoms with Crippen LogP contribution in [0, 0.1) is 11.8 Å². The van der Waals surface area contributed by atoms with Gasteiger partial charge in [-0.05, 0) is 43.9 Å². The van der Waals surface area contributed by atoms with E-state index in [1.54, 1.807) is 18.2 Å². The topological polar surface area (TPSA) is 128 Å². The van der Waals surface area contributed by atoms with Crippen LogP contribution in [0.4, 0.5) is 13.2 Å². The number of carbonyl (C=O) groups excluding carboxylic acids is 3. The van der Waals surface area contributed by atoms with Gasteiger partial charge in [-0.25, -0.2) is 17.2 Å². The number of aromatic amines is 1. The number of carbonyl (C=O) groups is 3. The number of H-pyrrole nitrogens is 1. The summed E-state index contributed by atoms with van der Waals surface area (Å²) in [5.41, 5.74) is 0.552. The number of benzene rings is 1. The molecule has 4 fully saturated rings. The van der Waals surface area contributed by atoms with Crippen molar-refractivity contribution in [3.8, 4) is 0 Å². The van der Waals surface area contributed by atoms with E-state index in [4.69, 9.17) is 11.6 Å². The predicted octanol–water partition coefficient (Wildman–Crippen LogP) is 3.32. The third kappa shape index (κ3) is 5.32. The lowest BCUT2D eigenvalue weighted by molar-refractivity contribution is -0.179. The number of hydrogen-bond acceptors (Lipinski definition) is 5. The van der Waals surface area contributed by atoms with Crippen LogP contribution in [0.15, 0.2) is 35.5 Å². The second kappa shape index (κ2) is 10.4. The Morgan fingerprint density at radius 2 is 2.02 bits per heavy atom. The monoisotopic (exact) mass is 600 g/mol. The standard InChI is InChI=1S/C26H28ClF3N4O5S/c1-40(38,39)20(28)11-15(9-14-7-8-31-23(14)35)32-24(36)22-17-6-5-16(12-26(17,29)30)34(22)25(37)19-10-13-3-2-4-18(27)21(13)33-19/h2-4,10-11,14-17,22,33H,5-9,12H2,1H3,(H,31,35)(H,32,36)/b20-11-/t14-,15+,16+,17+,22-/m0/s1. The quantitative estimate of drug-likeness (QED) is 0.449. The molecule has 1 aromatic heterocycles. The summed E-state index contributed by atoms with van der Waals surface area (Å²) in [7, 11) is -4.27. The minimum atomic E-state index is -4.27. The molecule has 9 nitrogen and oxygen atoms in total. The molecule has 6 rings (SSSR count). The molecule has 4 aliphatic rings. The largest absolute Gasteiger partial charge is 0.356 e. The molecule has 5 atom stereocenters. The van der Waals surface area contributed by atoms with Gasteiger partial charge in [0.25, 0.3) is 11.8 Å². The SMILES string of the molecule is CS(=O)(=O)/C(F)=C\[C@@H](C[C@@H]1CCNC1=O)NC(=O)[C@@H]1[C@H]2CC[C@H](CC2(F)F)N1C(=O)c1cc2cccc(Cl)c2[nH]1. The van der Waals surface area contributed by atoms with E-state index >= 15 is 8.78 Å². The molecule has 3 N–H and O–H groups in total.